The van der Waals surface area contributed by atoms with Gasteiger partial charge in [0, 0.05) is 31.9 Å². The molecule has 1 unspecified atom stereocenters. The molecule has 1 saturated heterocycles. The second-order valence-corrected chi connectivity index (χ2v) is 5.95. The van der Waals surface area contributed by atoms with Crippen LogP contribution in [0.2, 0.25) is 0 Å². The summed E-state index contributed by atoms with van der Waals surface area (Å²) in [6.07, 6.45) is 1.67. The van der Waals surface area contributed by atoms with Gasteiger partial charge in [0.2, 0.25) is 0 Å². The largest absolute Gasteiger partial charge is 0.457 e. The van der Waals surface area contributed by atoms with Crippen LogP contribution >= 0.6 is 12.4 Å². The van der Waals surface area contributed by atoms with E-state index in [0.717, 1.165) is 25.4 Å². The van der Waals surface area contributed by atoms with Crippen LogP contribution in [0.1, 0.15) is 11.9 Å². The van der Waals surface area contributed by atoms with Crippen molar-refractivity contribution in [3.8, 4) is 23.1 Å². The van der Waals surface area contributed by atoms with Crippen molar-refractivity contribution in [2.75, 3.05) is 26.7 Å². The average Bonchev–Trinajstić information content (AvgIpc) is 3.13. The molecule has 2 aromatic heterocycles. The lowest BCUT2D eigenvalue weighted by Crippen LogP contribution is -2.44. The predicted octanol–water partition coefficient (Wildman–Crippen LogP) is 2.92. The van der Waals surface area contributed by atoms with Crippen LogP contribution < -0.4 is 10.1 Å². The molecule has 1 fully saturated rings. The van der Waals surface area contributed by atoms with Crippen molar-refractivity contribution in [2.45, 2.75) is 6.04 Å². The fraction of sp³-hybridized carbons (Fsp3) is 0.278. The Morgan fingerprint density at radius 2 is 2.04 bits per heavy atom. The lowest BCUT2D eigenvalue weighted by Gasteiger charge is -2.30. The maximum absolute atomic E-state index is 5.83. The summed E-state index contributed by atoms with van der Waals surface area (Å²) in [5.41, 5.74) is 0.596. The first-order valence-corrected chi connectivity index (χ1v) is 8.23. The van der Waals surface area contributed by atoms with E-state index in [4.69, 9.17) is 9.26 Å². The van der Waals surface area contributed by atoms with Gasteiger partial charge in [-0.2, -0.15) is 4.98 Å². The molecule has 3 heterocycles. The molecule has 8 heteroatoms. The number of benzene rings is 1. The molecule has 1 N–H and O–H groups in total. The summed E-state index contributed by atoms with van der Waals surface area (Å²) in [5, 5.41) is 7.48. The van der Waals surface area contributed by atoms with Crippen LogP contribution in [-0.4, -0.2) is 46.7 Å². The number of hydrogen-bond donors (Lipinski definition) is 1. The minimum absolute atomic E-state index is 0. The van der Waals surface area contributed by atoms with Crippen LogP contribution in [0.3, 0.4) is 0 Å². The quantitative estimate of drug-likeness (QED) is 0.753. The Hall–Kier alpha value is -2.48. The highest BCUT2D eigenvalue weighted by Crippen LogP contribution is 2.26. The first-order chi connectivity index (χ1) is 12.3. The van der Waals surface area contributed by atoms with E-state index in [1.807, 2.05) is 30.3 Å². The normalized spacial score (nSPS) is 17.5. The highest BCUT2D eigenvalue weighted by atomic mass is 35.5. The van der Waals surface area contributed by atoms with Crippen molar-refractivity contribution in [2.24, 2.45) is 0 Å². The van der Waals surface area contributed by atoms with E-state index in [0.29, 0.717) is 23.2 Å². The van der Waals surface area contributed by atoms with Gasteiger partial charge in [-0.1, -0.05) is 23.4 Å². The van der Waals surface area contributed by atoms with E-state index in [1.165, 1.54) is 0 Å². The monoisotopic (exact) mass is 373 g/mol. The van der Waals surface area contributed by atoms with Crippen LogP contribution in [0, 0.1) is 0 Å². The molecule has 1 aliphatic heterocycles. The van der Waals surface area contributed by atoms with Gasteiger partial charge < -0.3 is 14.6 Å². The van der Waals surface area contributed by atoms with Crippen LogP contribution in [0.5, 0.6) is 11.5 Å². The smallest absolute Gasteiger partial charge is 0.276 e. The number of hydrogen-bond acceptors (Lipinski definition) is 7. The van der Waals surface area contributed by atoms with E-state index >= 15 is 0 Å². The van der Waals surface area contributed by atoms with Gasteiger partial charge in [0.05, 0.1) is 6.04 Å². The van der Waals surface area contributed by atoms with Gasteiger partial charge in [0.15, 0.2) is 5.82 Å². The van der Waals surface area contributed by atoms with E-state index in [2.05, 4.69) is 32.4 Å². The van der Waals surface area contributed by atoms with E-state index in [1.54, 1.807) is 18.3 Å². The zero-order chi connectivity index (χ0) is 17.1. The van der Waals surface area contributed by atoms with E-state index in [9.17, 15) is 0 Å². The lowest BCUT2D eigenvalue weighted by molar-refractivity contribution is 0.190. The topological polar surface area (TPSA) is 76.3 Å². The number of nitrogens with zero attached hydrogens (tertiary/aromatic N) is 4. The minimum atomic E-state index is 0. The molecule has 0 aliphatic carbocycles. The standard InChI is InChI=1S/C18H19N5O2.ClH/c1-23-10-9-19-12-16(23)17-21-18(25-22-17)15-11-14(7-8-20-15)24-13-5-3-2-4-6-13;/h2-8,11,16,19H,9-10,12H2,1H3;1H. The molecule has 1 atom stereocenters. The van der Waals surface area contributed by atoms with Crippen LogP contribution in [0.25, 0.3) is 11.6 Å². The van der Waals surface area contributed by atoms with Crippen molar-refractivity contribution >= 4 is 12.4 Å². The number of aromatic nitrogens is 3. The predicted molar refractivity (Wildman–Crippen MR) is 99.5 cm³/mol. The molecule has 1 aromatic carbocycles. The Morgan fingerprint density at radius 1 is 1.19 bits per heavy atom. The average molecular weight is 374 g/mol. The van der Waals surface area contributed by atoms with Crippen molar-refractivity contribution in [1.29, 1.82) is 0 Å². The zero-order valence-electron chi connectivity index (χ0n) is 14.3. The summed E-state index contributed by atoms with van der Waals surface area (Å²) < 4.78 is 11.3. The Bertz CT molecular complexity index is 842. The minimum Gasteiger partial charge on any atom is -0.457 e. The summed E-state index contributed by atoms with van der Waals surface area (Å²) in [7, 11) is 2.06. The number of halogens is 1. The summed E-state index contributed by atoms with van der Waals surface area (Å²) in [5.74, 6) is 2.50. The summed E-state index contributed by atoms with van der Waals surface area (Å²) in [6.45, 7) is 2.73. The SMILES string of the molecule is CN1CCNCC1c1noc(-c2cc(Oc3ccccc3)ccn2)n1.Cl. The number of nitrogens with one attached hydrogen (secondary N) is 1. The molecule has 26 heavy (non-hydrogen) atoms. The lowest BCUT2D eigenvalue weighted by atomic mass is 10.2. The van der Waals surface area contributed by atoms with Crippen molar-refractivity contribution < 1.29 is 9.26 Å². The molecule has 3 aromatic rings. The highest BCUT2D eigenvalue weighted by Gasteiger charge is 2.25. The summed E-state index contributed by atoms with van der Waals surface area (Å²) >= 11 is 0. The van der Waals surface area contributed by atoms with Gasteiger partial charge in [-0.05, 0) is 25.2 Å². The van der Waals surface area contributed by atoms with Crippen LogP contribution in [0.15, 0.2) is 53.2 Å². The molecular formula is C18H20ClN5O2. The maximum Gasteiger partial charge on any atom is 0.276 e. The molecular weight excluding hydrogens is 354 g/mol. The van der Waals surface area contributed by atoms with Gasteiger partial charge >= 0.3 is 0 Å². The van der Waals surface area contributed by atoms with E-state index in [-0.39, 0.29) is 18.4 Å². The molecule has 0 bridgehead atoms. The molecule has 136 valence electrons. The zero-order valence-corrected chi connectivity index (χ0v) is 15.1. The number of para-hydroxylation sites is 1. The third-order valence-electron chi connectivity index (χ3n) is 4.18. The first kappa shape index (κ1) is 18.3. The second-order valence-electron chi connectivity index (χ2n) is 5.95. The fourth-order valence-corrected chi connectivity index (χ4v) is 2.78. The van der Waals surface area contributed by atoms with Gasteiger partial charge in [0.1, 0.15) is 17.2 Å². The third kappa shape index (κ3) is 4.01. The number of ether oxygens (including phenoxy) is 1. The van der Waals surface area contributed by atoms with Gasteiger partial charge in [-0.25, -0.2) is 0 Å². The molecule has 0 spiro atoms. The van der Waals surface area contributed by atoms with Crippen LogP contribution in [-0.2, 0) is 0 Å². The molecule has 4 rings (SSSR count). The molecule has 1 aliphatic rings. The summed E-state index contributed by atoms with van der Waals surface area (Å²) in [6, 6.07) is 13.3. The number of pyridine rings is 1. The van der Waals surface area contributed by atoms with Crippen molar-refractivity contribution in [1.82, 2.24) is 25.3 Å². The first-order valence-electron chi connectivity index (χ1n) is 8.23. The molecule has 0 radical (unpaired) electrons. The Morgan fingerprint density at radius 3 is 2.85 bits per heavy atom. The maximum atomic E-state index is 5.83. The van der Waals surface area contributed by atoms with E-state index < -0.39 is 0 Å². The van der Waals surface area contributed by atoms with Gasteiger partial charge in [-0.15, -0.1) is 12.4 Å². The molecule has 7 nitrogen and oxygen atoms in total. The van der Waals surface area contributed by atoms with Gasteiger partial charge in [0.25, 0.3) is 5.89 Å². The number of rotatable bonds is 4. The third-order valence-corrected chi connectivity index (χ3v) is 4.18. The summed E-state index contributed by atoms with van der Waals surface area (Å²) in [4.78, 5) is 11.1. The van der Waals surface area contributed by atoms with Crippen LogP contribution in [0.4, 0.5) is 0 Å². The Balaban J connectivity index is 0.00000196. The fourth-order valence-electron chi connectivity index (χ4n) is 2.78. The Labute approximate surface area is 157 Å². The van der Waals surface area contributed by atoms with Crippen molar-refractivity contribution in [3.63, 3.8) is 0 Å². The highest BCUT2D eigenvalue weighted by molar-refractivity contribution is 5.85. The number of piperazine rings is 1. The molecule has 0 saturated carbocycles. The van der Waals surface area contributed by atoms with Crippen molar-refractivity contribution in [3.05, 3.63) is 54.5 Å². The Kier molecular flexibility index (Phi) is 5.82. The number of likely N-dealkylation sites (N-methyl/N-ethyl adjacent to an activating group) is 1. The molecule has 0 amide bonds. The second kappa shape index (κ2) is 8.27. The van der Waals surface area contributed by atoms with Gasteiger partial charge in [-0.3, -0.25) is 9.88 Å².